The van der Waals surface area contributed by atoms with E-state index in [1.165, 1.54) is 276 Å². The summed E-state index contributed by atoms with van der Waals surface area (Å²) in [4.78, 5) is 73.1. The van der Waals surface area contributed by atoms with Crippen LogP contribution in [0, 0.1) is 0 Å². The Hall–Kier alpha value is -1.94. The van der Waals surface area contributed by atoms with E-state index in [0.717, 1.165) is 89.9 Å². The van der Waals surface area contributed by atoms with Crippen molar-refractivity contribution in [2.24, 2.45) is 0 Å². The highest BCUT2D eigenvalue weighted by molar-refractivity contribution is 7.47. The minimum Gasteiger partial charge on any atom is -0.462 e. The highest BCUT2D eigenvalue weighted by atomic mass is 31.2. The first-order valence-electron chi connectivity index (χ1n) is 42.8. The van der Waals surface area contributed by atoms with Gasteiger partial charge in [-0.3, -0.25) is 37.3 Å². The number of aliphatic hydroxyl groups excluding tert-OH is 1. The molecule has 0 saturated heterocycles. The third kappa shape index (κ3) is 76.1. The molecule has 0 aromatic carbocycles. The van der Waals surface area contributed by atoms with Crippen molar-refractivity contribution < 1.29 is 80.2 Å². The smallest absolute Gasteiger partial charge is 0.462 e. The number of phosphoric acid groups is 2. The molecule has 17 nitrogen and oxygen atoms in total. The van der Waals surface area contributed by atoms with E-state index in [1.807, 2.05) is 0 Å². The fourth-order valence-corrected chi connectivity index (χ4v) is 14.4. The summed E-state index contributed by atoms with van der Waals surface area (Å²) in [6.07, 6.45) is 69.2. The molecule has 0 aromatic rings. The van der Waals surface area contributed by atoms with Gasteiger partial charge in [0.1, 0.15) is 19.3 Å². The van der Waals surface area contributed by atoms with E-state index in [1.54, 1.807) is 0 Å². The van der Waals surface area contributed by atoms with Crippen LogP contribution < -0.4 is 0 Å². The van der Waals surface area contributed by atoms with Crippen molar-refractivity contribution in [1.29, 1.82) is 0 Å². The number of rotatable bonds is 83. The molecule has 0 amide bonds. The predicted molar refractivity (Wildman–Crippen MR) is 414 cm³/mol. The molecule has 0 aliphatic carbocycles. The molecule has 0 aromatic heterocycles. The van der Waals surface area contributed by atoms with E-state index in [4.69, 9.17) is 37.0 Å². The van der Waals surface area contributed by atoms with Gasteiger partial charge in [-0.2, -0.15) is 0 Å². The normalized spacial score (nSPS) is 13.8. The third-order valence-corrected chi connectivity index (χ3v) is 21.3. The molecule has 0 heterocycles. The molecule has 19 heteroatoms. The number of aliphatic hydroxyl groups is 1. The number of hydrogen-bond donors (Lipinski definition) is 3. The molecular weight excluding hydrogens is 1320 g/mol. The molecule has 3 N–H and O–H groups in total. The highest BCUT2D eigenvalue weighted by Crippen LogP contribution is 2.45. The van der Waals surface area contributed by atoms with Crippen molar-refractivity contribution in [2.45, 2.75) is 463 Å². The lowest BCUT2D eigenvalue weighted by Crippen LogP contribution is -2.30. The first kappa shape index (κ1) is 99.1. The number of carbonyl (C=O) groups is 4. The lowest BCUT2D eigenvalue weighted by atomic mass is 10.0. The zero-order valence-electron chi connectivity index (χ0n) is 65.9. The molecule has 0 rings (SSSR count). The number of ether oxygens (including phenoxy) is 4. The molecular formula is C82H160O17P2. The molecule has 0 bridgehead atoms. The molecule has 2 unspecified atom stereocenters. The van der Waals surface area contributed by atoms with Crippen LogP contribution in [0.4, 0.5) is 0 Å². The van der Waals surface area contributed by atoms with Crippen LogP contribution in [0.5, 0.6) is 0 Å². The van der Waals surface area contributed by atoms with Gasteiger partial charge in [0.05, 0.1) is 26.4 Å². The Balaban J connectivity index is 5.25. The molecule has 0 saturated carbocycles. The zero-order valence-corrected chi connectivity index (χ0v) is 67.7. The van der Waals surface area contributed by atoms with Gasteiger partial charge in [-0.15, -0.1) is 0 Å². The monoisotopic (exact) mass is 1480 g/mol. The first-order chi connectivity index (χ1) is 49.2. The Morgan fingerprint density at radius 2 is 0.396 bits per heavy atom. The topological polar surface area (TPSA) is 237 Å². The van der Waals surface area contributed by atoms with Gasteiger partial charge in [-0.1, -0.05) is 394 Å². The Bertz CT molecular complexity index is 1910. The fraction of sp³-hybridized carbons (Fsp3) is 0.951. The minimum atomic E-state index is -4.96. The summed E-state index contributed by atoms with van der Waals surface area (Å²) in [5.74, 6) is -2.10. The molecule has 5 atom stereocenters. The lowest BCUT2D eigenvalue weighted by molar-refractivity contribution is -0.161. The van der Waals surface area contributed by atoms with E-state index in [0.29, 0.717) is 25.7 Å². The van der Waals surface area contributed by atoms with Crippen molar-refractivity contribution in [1.82, 2.24) is 0 Å². The first-order valence-corrected chi connectivity index (χ1v) is 45.8. The molecule has 600 valence electrons. The van der Waals surface area contributed by atoms with Crippen molar-refractivity contribution >= 4 is 39.5 Å². The van der Waals surface area contributed by atoms with Gasteiger partial charge in [-0.25, -0.2) is 9.13 Å². The number of esters is 4. The summed E-state index contributed by atoms with van der Waals surface area (Å²) in [6, 6.07) is 0. The van der Waals surface area contributed by atoms with Crippen LogP contribution in [-0.4, -0.2) is 96.7 Å². The average Bonchev–Trinajstić information content (AvgIpc) is 1.04. The van der Waals surface area contributed by atoms with E-state index in [9.17, 15) is 43.2 Å². The van der Waals surface area contributed by atoms with E-state index in [2.05, 4.69) is 27.7 Å². The zero-order chi connectivity index (χ0) is 73.9. The number of hydrogen-bond acceptors (Lipinski definition) is 15. The maximum Gasteiger partial charge on any atom is 0.472 e. The Kier molecular flexibility index (Phi) is 74.8. The number of carbonyl (C=O) groups excluding carboxylic acids is 4. The van der Waals surface area contributed by atoms with Gasteiger partial charge >= 0.3 is 39.5 Å². The fourth-order valence-electron chi connectivity index (χ4n) is 12.8. The van der Waals surface area contributed by atoms with Crippen molar-refractivity contribution in [2.75, 3.05) is 39.6 Å². The summed E-state index contributed by atoms with van der Waals surface area (Å²) in [7, 11) is -9.92. The Labute approximate surface area is 619 Å². The second kappa shape index (κ2) is 76.3. The van der Waals surface area contributed by atoms with Crippen LogP contribution in [-0.2, 0) is 65.4 Å². The number of phosphoric ester groups is 2. The van der Waals surface area contributed by atoms with Gasteiger partial charge in [0.15, 0.2) is 12.2 Å². The van der Waals surface area contributed by atoms with Gasteiger partial charge in [0, 0.05) is 25.7 Å². The van der Waals surface area contributed by atoms with E-state index in [-0.39, 0.29) is 25.7 Å². The lowest BCUT2D eigenvalue weighted by Gasteiger charge is -2.21. The Morgan fingerprint density at radius 1 is 0.238 bits per heavy atom. The average molecular weight is 1480 g/mol. The molecule has 0 fully saturated rings. The van der Waals surface area contributed by atoms with Crippen molar-refractivity contribution in [3.63, 3.8) is 0 Å². The van der Waals surface area contributed by atoms with Crippen LogP contribution in [0.2, 0.25) is 0 Å². The van der Waals surface area contributed by atoms with Crippen molar-refractivity contribution in [3.8, 4) is 0 Å². The summed E-state index contributed by atoms with van der Waals surface area (Å²) in [5, 5.41) is 10.7. The van der Waals surface area contributed by atoms with Crippen LogP contribution >= 0.6 is 15.6 Å². The molecule has 0 aliphatic rings. The third-order valence-electron chi connectivity index (χ3n) is 19.4. The van der Waals surface area contributed by atoms with Crippen LogP contribution in [0.25, 0.3) is 0 Å². The summed E-state index contributed by atoms with van der Waals surface area (Å²) >= 11 is 0. The number of unbranched alkanes of at least 4 members (excludes halogenated alkanes) is 57. The second-order valence-electron chi connectivity index (χ2n) is 29.5. The summed E-state index contributed by atoms with van der Waals surface area (Å²) in [6.45, 7) is 5.05. The standard InChI is InChI=1S/C82H160O17P2/c1-5-9-13-17-21-25-29-33-36-38-39-42-45-49-53-57-61-65-69-82(87)99-78(73-93-80(85)67-63-59-55-51-47-43-41-37-34-30-26-22-18-14-10-6-2)75-97-101(90,91)95-71-76(83)70-94-100(88,89)96-74-77(72-92-79(84)66-62-58-54-50-46-32-28-24-20-16-12-8-4)98-81(86)68-64-60-56-52-48-44-40-35-31-27-23-19-15-11-7-3/h76-78,83H,5-75H2,1-4H3,(H,88,89)(H,90,91)/t76-,77+,78+/m0/s1. The van der Waals surface area contributed by atoms with E-state index >= 15 is 0 Å². The minimum absolute atomic E-state index is 0.109. The quantitative estimate of drug-likeness (QED) is 0.0222. The second-order valence-corrected chi connectivity index (χ2v) is 32.4. The predicted octanol–water partition coefficient (Wildman–Crippen LogP) is 25.0. The van der Waals surface area contributed by atoms with Crippen LogP contribution in [0.15, 0.2) is 0 Å². The molecule has 0 spiro atoms. The van der Waals surface area contributed by atoms with Gasteiger partial charge in [0.2, 0.25) is 0 Å². The molecule has 0 radical (unpaired) electrons. The maximum absolute atomic E-state index is 13.1. The summed E-state index contributed by atoms with van der Waals surface area (Å²) < 4.78 is 68.8. The van der Waals surface area contributed by atoms with Gasteiger partial charge in [-0.05, 0) is 25.7 Å². The largest absolute Gasteiger partial charge is 0.472 e. The SMILES string of the molecule is CCCCCCCCCCCCCCCCCCCCC(=O)O[C@H](COC(=O)CCCCCCCCCCCCCCCCCC)COP(=O)(O)OC[C@@H](O)COP(=O)(O)OC[C@@H](COC(=O)CCCCCCCCCCCCCC)OC(=O)CCCCCCCCCCCCCCCCC. The van der Waals surface area contributed by atoms with Crippen LogP contribution in [0.1, 0.15) is 445 Å². The Morgan fingerprint density at radius 3 is 0.584 bits per heavy atom. The molecule has 0 aliphatic heterocycles. The van der Waals surface area contributed by atoms with Gasteiger partial charge in [0.25, 0.3) is 0 Å². The van der Waals surface area contributed by atoms with Crippen molar-refractivity contribution in [3.05, 3.63) is 0 Å². The van der Waals surface area contributed by atoms with Gasteiger partial charge < -0.3 is 33.8 Å². The highest BCUT2D eigenvalue weighted by Gasteiger charge is 2.30. The summed E-state index contributed by atoms with van der Waals surface area (Å²) in [5.41, 5.74) is 0. The molecule has 101 heavy (non-hydrogen) atoms. The van der Waals surface area contributed by atoms with Crippen LogP contribution in [0.3, 0.4) is 0 Å². The maximum atomic E-state index is 13.1. The van der Waals surface area contributed by atoms with E-state index < -0.39 is 97.5 Å².